The van der Waals surface area contributed by atoms with Crippen molar-refractivity contribution in [2.75, 3.05) is 0 Å². The molecule has 5 heteroatoms. The SMILES string of the molecule is CC(C)(CCc1ccco1)N(N)C(=O)O. The van der Waals surface area contributed by atoms with E-state index in [0.717, 1.165) is 10.8 Å². The van der Waals surface area contributed by atoms with Gasteiger partial charge in [-0.15, -0.1) is 0 Å². The van der Waals surface area contributed by atoms with Gasteiger partial charge in [-0.1, -0.05) is 0 Å². The predicted octanol–water partition coefficient (Wildman–Crippen LogP) is 1.84. The maximum Gasteiger partial charge on any atom is 0.422 e. The molecule has 0 saturated heterocycles. The fourth-order valence-electron chi connectivity index (χ4n) is 1.26. The van der Waals surface area contributed by atoms with Crippen molar-refractivity contribution in [1.82, 2.24) is 5.01 Å². The smallest absolute Gasteiger partial charge is 0.422 e. The summed E-state index contributed by atoms with van der Waals surface area (Å²) in [6, 6.07) is 3.66. The summed E-state index contributed by atoms with van der Waals surface area (Å²) in [5, 5.41) is 9.58. The van der Waals surface area contributed by atoms with Gasteiger partial charge >= 0.3 is 6.09 Å². The van der Waals surface area contributed by atoms with Crippen LogP contribution in [0.4, 0.5) is 4.79 Å². The summed E-state index contributed by atoms with van der Waals surface area (Å²) in [6.07, 6.45) is 1.75. The van der Waals surface area contributed by atoms with Gasteiger partial charge in [0, 0.05) is 6.42 Å². The molecule has 0 aliphatic heterocycles. The van der Waals surface area contributed by atoms with Gasteiger partial charge in [0.05, 0.1) is 11.8 Å². The van der Waals surface area contributed by atoms with E-state index in [-0.39, 0.29) is 0 Å². The van der Waals surface area contributed by atoms with Crippen molar-refractivity contribution in [3.8, 4) is 0 Å². The van der Waals surface area contributed by atoms with Crippen LogP contribution in [0.5, 0.6) is 0 Å². The molecule has 1 aromatic heterocycles. The minimum atomic E-state index is -1.13. The van der Waals surface area contributed by atoms with Gasteiger partial charge in [-0.3, -0.25) is 0 Å². The summed E-state index contributed by atoms with van der Waals surface area (Å²) in [5.74, 6) is 6.27. The van der Waals surface area contributed by atoms with Crippen molar-refractivity contribution in [2.24, 2.45) is 5.84 Å². The molecule has 1 aromatic rings. The van der Waals surface area contributed by atoms with E-state index < -0.39 is 11.6 Å². The predicted molar refractivity (Wildman–Crippen MR) is 55.2 cm³/mol. The molecule has 1 rings (SSSR count). The Morgan fingerprint density at radius 1 is 1.67 bits per heavy atom. The Balaban J connectivity index is 2.53. The Hall–Kier alpha value is -1.49. The van der Waals surface area contributed by atoms with E-state index in [0.29, 0.717) is 12.8 Å². The molecule has 1 heterocycles. The lowest BCUT2D eigenvalue weighted by Crippen LogP contribution is -2.51. The van der Waals surface area contributed by atoms with Gasteiger partial charge in [0.2, 0.25) is 0 Å². The highest BCUT2D eigenvalue weighted by Gasteiger charge is 2.28. The summed E-state index contributed by atoms with van der Waals surface area (Å²) in [4.78, 5) is 10.7. The number of hydrogen-bond donors (Lipinski definition) is 2. The molecular formula is C10H16N2O3. The van der Waals surface area contributed by atoms with Crippen molar-refractivity contribution in [2.45, 2.75) is 32.2 Å². The Bertz CT molecular complexity index is 319. The van der Waals surface area contributed by atoms with E-state index in [9.17, 15) is 4.79 Å². The number of furan rings is 1. The average molecular weight is 212 g/mol. The lowest BCUT2D eigenvalue weighted by Gasteiger charge is -2.32. The van der Waals surface area contributed by atoms with Crippen LogP contribution in [-0.2, 0) is 6.42 Å². The molecule has 0 unspecified atom stereocenters. The van der Waals surface area contributed by atoms with Crippen LogP contribution in [0.2, 0.25) is 0 Å². The van der Waals surface area contributed by atoms with Gasteiger partial charge < -0.3 is 9.52 Å². The van der Waals surface area contributed by atoms with Gasteiger partial charge in [0.25, 0.3) is 0 Å². The molecule has 3 N–H and O–H groups in total. The van der Waals surface area contributed by atoms with E-state index in [4.69, 9.17) is 15.4 Å². The second kappa shape index (κ2) is 4.35. The highest BCUT2D eigenvalue weighted by molar-refractivity contribution is 5.65. The lowest BCUT2D eigenvalue weighted by molar-refractivity contribution is 0.0873. The zero-order valence-electron chi connectivity index (χ0n) is 8.93. The van der Waals surface area contributed by atoms with Gasteiger partial charge in [0.15, 0.2) is 0 Å². The summed E-state index contributed by atoms with van der Waals surface area (Å²) < 4.78 is 5.16. The molecule has 0 radical (unpaired) electrons. The van der Waals surface area contributed by atoms with E-state index in [2.05, 4.69) is 0 Å². The summed E-state index contributed by atoms with van der Waals surface area (Å²) in [5.41, 5.74) is -0.599. The molecule has 0 atom stereocenters. The van der Waals surface area contributed by atoms with Crippen LogP contribution < -0.4 is 5.84 Å². The zero-order valence-corrected chi connectivity index (χ0v) is 8.93. The summed E-state index contributed by atoms with van der Waals surface area (Å²) in [6.45, 7) is 3.56. The quantitative estimate of drug-likeness (QED) is 0.453. The van der Waals surface area contributed by atoms with Crippen LogP contribution in [0.25, 0.3) is 0 Å². The number of aryl methyl sites for hydroxylation is 1. The van der Waals surface area contributed by atoms with Crippen LogP contribution in [0.15, 0.2) is 22.8 Å². The van der Waals surface area contributed by atoms with Crippen molar-refractivity contribution >= 4 is 6.09 Å². The van der Waals surface area contributed by atoms with Crippen molar-refractivity contribution in [1.29, 1.82) is 0 Å². The molecule has 1 amide bonds. The van der Waals surface area contributed by atoms with Crippen molar-refractivity contribution in [3.05, 3.63) is 24.2 Å². The Morgan fingerprint density at radius 2 is 2.33 bits per heavy atom. The first-order chi connectivity index (χ1) is 6.93. The number of amides is 1. The van der Waals surface area contributed by atoms with Crippen molar-refractivity contribution in [3.63, 3.8) is 0 Å². The van der Waals surface area contributed by atoms with E-state index in [1.165, 1.54) is 0 Å². The zero-order chi connectivity index (χ0) is 11.5. The van der Waals surface area contributed by atoms with Crippen LogP contribution in [0.1, 0.15) is 26.0 Å². The van der Waals surface area contributed by atoms with Gasteiger partial charge in [0.1, 0.15) is 5.76 Å². The second-order valence-corrected chi connectivity index (χ2v) is 4.04. The molecule has 0 aliphatic rings. The Labute approximate surface area is 88.4 Å². The Kier molecular flexibility index (Phi) is 3.36. The van der Waals surface area contributed by atoms with Gasteiger partial charge in [-0.2, -0.15) is 0 Å². The number of carboxylic acid groups (broad SMARTS) is 1. The largest absolute Gasteiger partial charge is 0.469 e. The van der Waals surface area contributed by atoms with E-state index in [1.807, 2.05) is 6.07 Å². The maximum atomic E-state index is 10.7. The third kappa shape index (κ3) is 2.99. The first-order valence-electron chi connectivity index (χ1n) is 4.74. The first kappa shape index (κ1) is 11.6. The lowest BCUT2D eigenvalue weighted by atomic mass is 9.97. The molecule has 0 saturated carbocycles. The van der Waals surface area contributed by atoms with Crippen LogP contribution in [0, 0.1) is 0 Å². The van der Waals surface area contributed by atoms with Crippen molar-refractivity contribution < 1.29 is 14.3 Å². The topological polar surface area (TPSA) is 79.7 Å². The number of nitrogens with zero attached hydrogens (tertiary/aromatic N) is 1. The van der Waals surface area contributed by atoms with Crippen LogP contribution in [-0.4, -0.2) is 21.7 Å². The number of rotatable bonds is 4. The molecule has 0 fully saturated rings. The number of carbonyl (C=O) groups is 1. The fraction of sp³-hybridized carbons (Fsp3) is 0.500. The van der Waals surface area contributed by atoms with E-state index in [1.54, 1.807) is 26.2 Å². The van der Waals surface area contributed by atoms with Crippen LogP contribution >= 0.6 is 0 Å². The first-order valence-corrected chi connectivity index (χ1v) is 4.74. The highest BCUT2D eigenvalue weighted by atomic mass is 16.4. The summed E-state index contributed by atoms with van der Waals surface area (Å²) >= 11 is 0. The van der Waals surface area contributed by atoms with Gasteiger partial charge in [-0.25, -0.2) is 15.6 Å². The average Bonchev–Trinajstić information content (AvgIpc) is 2.66. The molecular weight excluding hydrogens is 196 g/mol. The third-order valence-corrected chi connectivity index (χ3v) is 2.42. The molecule has 0 spiro atoms. The van der Waals surface area contributed by atoms with Gasteiger partial charge in [-0.05, 0) is 32.4 Å². The number of nitrogens with two attached hydrogens (primary N) is 1. The second-order valence-electron chi connectivity index (χ2n) is 4.04. The molecule has 5 nitrogen and oxygen atoms in total. The molecule has 15 heavy (non-hydrogen) atoms. The number of hydrazine groups is 1. The fourth-order valence-corrected chi connectivity index (χ4v) is 1.26. The molecule has 0 bridgehead atoms. The maximum absolute atomic E-state index is 10.7. The normalized spacial score (nSPS) is 11.4. The minimum Gasteiger partial charge on any atom is -0.469 e. The standard InChI is InChI=1S/C10H16N2O3/c1-10(2,12(11)9(13)14)6-5-8-4-3-7-15-8/h3-4,7H,5-6,11H2,1-2H3,(H,13,14). The third-order valence-electron chi connectivity index (χ3n) is 2.42. The monoisotopic (exact) mass is 212 g/mol. The minimum absolute atomic E-state index is 0.599. The molecule has 0 aromatic carbocycles. The number of hydrogen-bond acceptors (Lipinski definition) is 3. The molecule has 0 aliphatic carbocycles. The molecule has 84 valence electrons. The highest BCUT2D eigenvalue weighted by Crippen LogP contribution is 2.18. The van der Waals surface area contributed by atoms with E-state index >= 15 is 0 Å². The Morgan fingerprint density at radius 3 is 2.80 bits per heavy atom. The van der Waals surface area contributed by atoms with Crippen LogP contribution in [0.3, 0.4) is 0 Å². The summed E-state index contributed by atoms with van der Waals surface area (Å²) in [7, 11) is 0.